The molecule has 0 spiro atoms. The van der Waals surface area contributed by atoms with Crippen molar-refractivity contribution in [1.29, 1.82) is 0 Å². The first-order chi connectivity index (χ1) is 8.56. The zero-order chi connectivity index (χ0) is 13.6. The summed E-state index contributed by atoms with van der Waals surface area (Å²) in [6.07, 6.45) is 5.20. The van der Waals surface area contributed by atoms with Gasteiger partial charge in [0.2, 0.25) is 0 Å². The summed E-state index contributed by atoms with van der Waals surface area (Å²) in [5.74, 6) is 0.884. The van der Waals surface area contributed by atoms with E-state index < -0.39 is 0 Å². The highest BCUT2D eigenvalue weighted by Crippen LogP contribution is 2.31. The molecule has 1 saturated heterocycles. The van der Waals surface area contributed by atoms with E-state index in [1.807, 2.05) is 0 Å². The van der Waals surface area contributed by atoms with Crippen molar-refractivity contribution in [2.45, 2.75) is 66.3 Å². The fourth-order valence-electron chi connectivity index (χ4n) is 3.35. The smallest absolute Gasteiger partial charge is 0.00702 e. The molecule has 0 aromatic rings. The van der Waals surface area contributed by atoms with Gasteiger partial charge in [-0.15, -0.1) is 0 Å². The maximum Gasteiger partial charge on any atom is 0.00702 e. The fourth-order valence-corrected chi connectivity index (χ4v) is 3.35. The summed E-state index contributed by atoms with van der Waals surface area (Å²) in [4.78, 5) is 2.73. The van der Waals surface area contributed by atoms with Gasteiger partial charge in [0, 0.05) is 25.7 Å². The molecule has 0 bridgehead atoms. The van der Waals surface area contributed by atoms with Crippen LogP contribution in [0.15, 0.2) is 0 Å². The fraction of sp³-hybridized carbons (Fsp3) is 1.00. The van der Waals surface area contributed by atoms with Crippen LogP contribution in [0.5, 0.6) is 0 Å². The number of nitrogens with zero attached hydrogens (tertiary/aromatic N) is 1. The highest BCUT2D eigenvalue weighted by molar-refractivity contribution is 4.88. The van der Waals surface area contributed by atoms with Crippen LogP contribution in [0.25, 0.3) is 0 Å². The average Bonchev–Trinajstić information content (AvgIpc) is 2.66. The number of rotatable bonds is 8. The summed E-state index contributed by atoms with van der Waals surface area (Å²) >= 11 is 0. The maximum atomic E-state index is 3.65. The number of hydrogen-bond acceptors (Lipinski definition) is 2. The van der Waals surface area contributed by atoms with Crippen LogP contribution in [0, 0.1) is 11.3 Å². The highest BCUT2D eigenvalue weighted by Gasteiger charge is 2.34. The Morgan fingerprint density at radius 2 is 1.83 bits per heavy atom. The van der Waals surface area contributed by atoms with Crippen LogP contribution in [0.4, 0.5) is 0 Å². The van der Waals surface area contributed by atoms with Crippen molar-refractivity contribution in [2.24, 2.45) is 11.3 Å². The standard InChI is InChI=1S/C16H34N2/c1-6-9-17-12-16(7-2,8-3)13-18-11-14(4)10-15(18)5/h14-15,17H,6-13H2,1-5H3. The minimum atomic E-state index is 0.480. The van der Waals surface area contributed by atoms with E-state index in [9.17, 15) is 0 Å². The van der Waals surface area contributed by atoms with Crippen molar-refractivity contribution in [3.8, 4) is 0 Å². The maximum absolute atomic E-state index is 3.65. The lowest BCUT2D eigenvalue weighted by Gasteiger charge is -2.37. The molecule has 1 fully saturated rings. The molecule has 0 amide bonds. The Labute approximate surface area is 115 Å². The molecule has 0 aromatic heterocycles. The Bertz CT molecular complexity index is 223. The molecule has 18 heavy (non-hydrogen) atoms. The van der Waals surface area contributed by atoms with Crippen molar-refractivity contribution in [3.63, 3.8) is 0 Å². The van der Waals surface area contributed by atoms with Gasteiger partial charge in [0.15, 0.2) is 0 Å². The molecule has 0 radical (unpaired) electrons. The van der Waals surface area contributed by atoms with Gasteiger partial charge >= 0.3 is 0 Å². The molecule has 108 valence electrons. The lowest BCUT2D eigenvalue weighted by molar-refractivity contribution is 0.128. The molecule has 0 aromatic carbocycles. The zero-order valence-electron chi connectivity index (χ0n) is 13.3. The van der Waals surface area contributed by atoms with E-state index in [1.54, 1.807) is 0 Å². The van der Waals surface area contributed by atoms with Crippen molar-refractivity contribution in [2.75, 3.05) is 26.2 Å². The molecule has 2 unspecified atom stereocenters. The Morgan fingerprint density at radius 1 is 1.17 bits per heavy atom. The van der Waals surface area contributed by atoms with Crippen LogP contribution in [-0.2, 0) is 0 Å². The lowest BCUT2D eigenvalue weighted by atomic mass is 9.81. The average molecular weight is 254 g/mol. The van der Waals surface area contributed by atoms with E-state index in [2.05, 4.69) is 44.8 Å². The Morgan fingerprint density at radius 3 is 2.28 bits per heavy atom. The molecule has 2 nitrogen and oxygen atoms in total. The molecule has 2 atom stereocenters. The van der Waals surface area contributed by atoms with Crippen LogP contribution in [0.2, 0.25) is 0 Å². The number of hydrogen-bond donors (Lipinski definition) is 1. The Hall–Kier alpha value is -0.0800. The summed E-state index contributed by atoms with van der Waals surface area (Å²) in [7, 11) is 0. The van der Waals surface area contributed by atoms with Crippen LogP contribution < -0.4 is 5.32 Å². The third-order valence-electron chi connectivity index (χ3n) is 4.88. The summed E-state index contributed by atoms with van der Waals surface area (Å²) < 4.78 is 0. The molecule has 0 saturated carbocycles. The monoisotopic (exact) mass is 254 g/mol. The van der Waals surface area contributed by atoms with Gasteiger partial charge in [0.05, 0.1) is 0 Å². The second-order valence-electron chi connectivity index (χ2n) is 6.50. The third kappa shape index (κ3) is 4.24. The van der Waals surface area contributed by atoms with Gasteiger partial charge in [-0.2, -0.15) is 0 Å². The summed E-state index contributed by atoms with van der Waals surface area (Å²) in [5, 5.41) is 3.65. The summed E-state index contributed by atoms with van der Waals surface area (Å²) in [6, 6.07) is 0.781. The predicted molar refractivity (Wildman–Crippen MR) is 81.0 cm³/mol. The van der Waals surface area contributed by atoms with Crippen molar-refractivity contribution in [1.82, 2.24) is 10.2 Å². The molecule has 2 heteroatoms. The Balaban J connectivity index is 2.55. The first kappa shape index (κ1) is 16.0. The lowest BCUT2D eigenvalue weighted by Crippen LogP contribution is -2.45. The first-order valence-corrected chi connectivity index (χ1v) is 8.01. The van der Waals surface area contributed by atoms with Crippen LogP contribution in [0.3, 0.4) is 0 Å². The molecular weight excluding hydrogens is 220 g/mol. The molecule has 1 heterocycles. The molecule has 1 aliphatic rings. The normalized spacial score (nSPS) is 25.8. The van der Waals surface area contributed by atoms with Gasteiger partial charge in [0.1, 0.15) is 0 Å². The van der Waals surface area contributed by atoms with Gasteiger partial charge in [-0.05, 0) is 50.5 Å². The minimum Gasteiger partial charge on any atom is -0.316 e. The van der Waals surface area contributed by atoms with Crippen LogP contribution >= 0.6 is 0 Å². The third-order valence-corrected chi connectivity index (χ3v) is 4.88. The highest BCUT2D eigenvalue weighted by atomic mass is 15.2. The van der Waals surface area contributed by atoms with Gasteiger partial charge in [-0.25, -0.2) is 0 Å². The Kier molecular flexibility index (Phi) is 6.65. The minimum absolute atomic E-state index is 0.480. The molecular formula is C16H34N2. The van der Waals surface area contributed by atoms with Crippen molar-refractivity contribution in [3.05, 3.63) is 0 Å². The van der Waals surface area contributed by atoms with E-state index in [1.165, 1.54) is 45.3 Å². The molecule has 1 N–H and O–H groups in total. The SMILES string of the molecule is CCCNCC(CC)(CC)CN1CC(C)CC1C. The largest absolute Gasteiger partial charge is 0.316 e. The van der Waals surface area contributed by atoms with Crippen molar-refractivity contribution >= 4 is 0 Å². The summed E-state index contributed by atoms with van der Waals surface area (Å²) in [6.45, 7) is 16.7. The molecule has 1 rings (SSSR count). The quantitative estimate of drug-likeness (QED) is 0.667. The second kappa shape index (κ2) is 7.49. The number of likely N-dealkylation sites (tertiary alicyclic amines) is 1. The van der Waals surface area contributed by atoms with E-state index >= 15 is 0 Å². The molecule has 1 aliphatic heterocycles. The van der Waals surface area contributed by atoms with Gasteiger partial charge < -0.3 is 5.32 Å². The zero-order valence-corrected chi connectivity index (χ0v) is 13.3. The van der Waals surface area contributed by atoms with E-state index in [4.69, 9.17) is 0 Å². The topological polar surface area (TPSA) is 15.3 Å². The van der Waals surface area contributed by atoms with Gasteiger partial charge in [-0.3, -0.25) is 4.90 Å². The van der Waals surface area contributed by atoms with Crippen LogP contribution in [0.1, 0.15) is 60.3 Å². The van der Waals surface area contributed by atoms with E-state index in [0.29, 0.717) is 5.41 Å². The number of nitrogens with one attached hydrogen (secondary N) is 1. The van der Waals surface area contributed by atoms with Gasteiger partial charge in [0.25, 0.3) is 0 Å². The van der Waals surface area contributed by atoms with Crippen molar-refractivity contribution < 1.29 is 0 Å². The van der Waals surface area contributed by atoms with Crippen LogP contribution in [-0.4, -0.2) is 37.1 Å². The summed E-state index contributed by atoms with van der Waals surface area (Å²) in [5.41, 5.74) is 0.480. The van der Waals surface area contributed by atoms with E-state index in [0.717, 1.165) is 18.5 Å². The predicted octanol–water partition coefficient (Wildman–Crippen LogP) is 3.52. The van der Waals surface area contributed by atoms with Gasteiger partial charge in [-0.1, -0.05) is 27.7 Å². The first-order valence-electron chi connectivity index (χ1n) is 8.01. The second-order valence-corrected chi connectivity index (χ2v) is 6.50. The molecule has 0 aliphatic carbocycles. The van der Waals surface area contributed by atoms with E-state index in [-0.39, 0.29) is 0 Å².